The van der Waals surface area contributed by atoms with Gasteiger partial charge in [0, 0.05) is 5.69 Å². The molecule has 0 unspecified atom stereocenters. The Morgan fingerprint density at radius 2 is 1.90 bits per heavy atom. The Labute approximate surface area is 118 Å². The summed E-state index contributed by atoms with van der Waals surface area (Å²) in [5.74, 6) is -0.596. The summed E-state index contributed by atoms with van der Waals surface area (Å²) in [4.78, 5) is 11.1. The van der Waals surface area contributed by atoms with E-state index in [0.29, 0.717) is 11.6 Å². The molecule has 0 bridgehead atoms. The zero-order valence-corrected chi connectivity index (χ0v) is 11.6. The molecule has 2 aromatic carbocycles. The van der Waals surface area contributed by atoms with E-state index in [0.717, 1.165) is 5.69 Å². The van der Waals surface area contributed by atoms with Crippen molar-refractivity contribution < 1.29 is 9.90 Å². The van der Waals surface area contributed by atoms with E-state index in [9.17, 15) is 4.79 Å². The van der Waals surface area contributed by atoms with Gasteiger partial charge >= 0.3 is 5.97 Å². The molecule has 104 valence electrons. The lowest BCUT2D eigenvalue weighted by molar-refractivity contribution is 0.0698. The summed E-state index contributed by atoms with van der Waals surface area (Å²) in [5.41, 5.74) is 8.95. The fourth-order valence-electron chi connectivity index (χ4n) is 1.99. The molecule has 0 aromatic heterocycles. The molecule has 0 radical (unpaired) electrons. The molecule has 4 nitrogen and oxygen atoms in total. The fraction of sp³-hybridized carbons (Fsp3) is 0.188. The maximum Gasteiger partial charge on any atom is 0.337 e. The highest BCUT2D eigenvalue weighted by atomic mass is 16.4. The Morgan fingerprint density at radius 1 is 1.20 bits per heavy atom. The van der Waals surface area contributed by atoms with E-state index in [1.807, 2.05) is 18.2 Å². The van der Waals surface area contributed by atoms with Gasteiger partial charge in [-0.2, -0.15) is 0 Å². The summed E-state index contributed by atoms with van der Waals surface area (Å²) >= 11 is 0. The maximum absolute atomic E-state index is 11.1. The number of nitrogens with one attached hydrogen (secondary N) is 1. The van der Waals surface area contributed by atoms with Gasteiger partial charge in [-0.1, -0.05) is 32.0 Å². The summed E-state index contributed by atoms with van der Waals surface area (Å²) in [6.07, 6.45) is 0. The Hall–Kier alpha value is -2.49. The van der Waals surface area contributed by atoms with Crippen LogP contribution in [-0.2, 0) is 0 Å². The van der Waals surface area contributed by atoms with E-state index in [1.165, 1.54) is 11.6 Å². The van der Waals surface area contributed by atoms with Gasteiger partial charge in [0.25, 0.3) is 0 Å². The molecule has 0 fully saturated rings. The van der Waals surface area contributed by atoms with Crippen LogP contribution in [0, 0.1) is 0 Å². The Balaban J connectivity index is 2.33. The second-order valence-corrected chi connectivity index (χ2v) is 4.98. The molecule has 0 aliphatic rings. The summed E-state index contributed by atoms with van der Waals surface area (Å²) < 4.78 is 0. The molecule has 0 aliphatic carbocycles. The monoisotopic (exact) mass is 270 g/mol. The second-order valence-electron chi connectivity index (χ2n) is 4.98. The zero-order valence-electron chi connectivity index (χ0n) is 11.6. The first-order valence-corrected chi connectivity index (χ1v) is 6.48. The lowest BCUT2D eigenvalue weighted by Gasteiger charge is -2.13. The molecule has 4 N–H and O–H groups in total. The molecule has 0 amide bonds. The molecule has 0 saturated heterocycles. The molecule has 0 heterocycles. The van der Waals surface area contributed by atoms with Gasteiger partial charge in [0.1, 0.15) is 0 Å². The predicted octanol–water partition coefficient (Wildman–Crippen LogP) is 3.83. The number of nitrogens with two attached hydrogens (primary N) is 1. The number of para-hydroxylation sites is 1. The molecule has 0 atom stereocenters. The minimum absolute atomic E-state index is 0.106. The van der Waals surface area contributed by atoms with Crippen molar-refractivity contribution in [2.45, 2.75) is 19.8 Å². The number of hydrogen-bond donors (Lipinski definition) is 3. The van der Waals surface area contributed by atoms with Crippen LogP contribution in [0.2, 0.25) is 0 Å². The minimum Gasteiger partial charge on any atom is -0.478 e. The van der Waals surface area contributed by atoms with E-state index >= 15 is 0 Å². The summed E-state index contributed by atoms with van der Waals surface area (Å²) in [7, 11) is 0. The van der Waals surface area contributed by atoms with Crippen LogP contribution < -0.4 is 11.1 Å². The van der Waals surface area contributed by atoms with Crippen LogP contribution in [-0.4, -0.2) is 11.1 Å². The molecule has 4 heteroatoms. The molecule has 2 rings (SSSR count). The van der Waals surface area contributed by atoms with Crippen LogP contribution in [0.25, 0.3) is 0 Å². The van der Waals surface area contributed by atoms with Crippen LogP contribution in [0.15, 0.2) is 42.5 Å². The summed E-state index contributed by atoms with van der Waals surface area (Å²) in [6.45, 7) is 4.25. The van der Waals surface area contributed by atoms with E-state index < -0.39 is 5.97 Å². The van der Waals surface area contributed by atoms with Crippen molar-refractivity contribution in [3.63, 3.8) is 0 Å². The van der Waals surface area contributed by atoms with Gasteiger partial charge < -0.3 is 16.2 Å². The average molecular weight is 270 g/mol. The molecule has 2 aromatic rings. The van der Waals surface area contributed by atoms with Crippen molar-refractivity contribution in [2.24, 2.45) is 0 Å². The number of rotatable bonds is 4. The molecule has 20 heavy (non-hydrogen) atoms. The second kappa shape index (κ2) is 5.65. The van der Waals surface area contributed by atoms with E-state index in [4.69, 9.17) is 10.8 Å². The number of nitrogen functional groups attached to an aromatic ring is 1. The number of anilines is 3. The largest absolute Gasteiger partial charge is 0.478 e. The maximum atomic E-state index is 11.1. The van der Waals surface area contributed by atoms with Gasteiger partial charge in [0.2, 0.25) is 0 Å². The number of hydrogen-bond acceptors (Lipinski definition) is 3. The van der Waals surface area contributed by atoms with Crippen molar-refractivity contribution in [3.8, 4) is 0 Å². The van der Waals surface area contributed by atoms with Crippen molar-refractivity contribution in [2.75, 3.05) is 11.1 Å². The molecule has 0 saturated carbocycles. The third-order valence-electron chi connectivity index (χ3n) is 3.17. The van der Waals surface area contributed by atoms with Gasteiger partial charge in [-0.05, 0) is 35.7 Å². The lowest BCUT2D eigenvalue weighted by atomic mass is 10.0. The zero-order chi connectivity index (χ0) is 14.7. The van der Waals surface area contributed by atoms with Gasteiger partial charge in [-0.15, -0.1) is 0 Å². The standard InChI is InChI=1S/C16H18N2O2/c1-10(2)11-5-3-6-12(9-11)18-14-8-4-7-13(15(14)17)16(19)20/h3-10,18H,17H2,1-2H3,(H,19,20). The number of carbonyl (C=O) groups is 1. The number of benzene rings is 2. The Morgan fingerprint density at radius 3 is 2.55 bits per heavy atom. The smallest absolute Gasteiger partial charge is 0.337 e. The minimum atomic E-state index is -1.03. The topological polar surface area (TPSA) is 75.3 Å². The Bertz CT molecular complexity index is 636. The van der Waals surface area contributed by atoms with Gasteiger partial charge in [0.05, 0.1) is 16.9 Å². The van der Waals surface area contributed by atoms with Crippen LogP contribution in [0.4, 0.5) is 17.1 Å². The van der Waals surface area contributed by atoms with Crippen molar-refractivity contribution in [1.29, 1.82) is 0 Å². The van der Waals surface area contributed by atoms with E-state index in [1.54, 1.807) is 12.1 Å². The summed E-state index contributed by atoms with van der Waals surface area (Å²) in [6, 6.07) is 12.9. The van der Waals surface area contributed by atoms with Crippen molar-refractivity contribution >= 4 is 23.0 Å². The first-order valence-electron chi connectivity index (χ1n) is 6.48. The lowest BCUT2D eigenvalue weighted by Crippen LogP contribution is -2.05. The Kier molecular flexibility index (Phi) is 3.94. The molecular formula is C16H18N2O2. The predicted molar refractivity (Wildman–Crippen MR) is 81.6 cm³/mol. The van der Waals surface area contributed by atoms with E-state index in [2.05, 4.69) is 25.2 Å². The summed E-state index contributed by atoms with van der Waals surface area (Å²) in [5, 5.41) is 12.2. The quantitative estimate of drug-likeness (QED) is 0.738. The highest BCUT2D eigenvalue weighted by Gasteiger charge is 2.11. The number of carboxylic acids is 1. The van der Waals surface area contributed by atoms with Crippen LogP contribution in [0.3, 0.4) is 0 Å². The van der Waals surface area contributed by atoms with Crippen LogP contribution in [0.1, 0.15) is 35.7 Å². The molecule has 0 spiro atoms. The highest BCUT2D eigenvalue weighted by molar-refractivity contribution is 5.97. The highest BCUT2D eigenvalue weighted by Crippen LogP contribution is 2.27. The number of carboxylic acid groups (broad SMARTS) is 1. The first-order chi connectivity index (χ1) is 9.49. The molecule has 0 aliphatic heterocycles. The van der Waals surface area contributed by atoms with Gasteiger partial charge in [-0.3, -0.25) is 0 Å². The van der Waals surface area contributed by atoms with Gasteiger partial charge in [-0.25, -0.2) is 4.79 Å². The normalized spacial score (nSPS) is 10.6. The first kappa shape index (κ1) is 13.9. The van der Waals surface area contributed by atoms with E-state index in [-0.39, 0.29) is 11.3 Å². The fourth-order valence-corrected chi connectivity index (χ4v) is 1.99. The SMILES string of the molecule is CC(C)c1cccc(Nc2cccc(C(=O)O)c2N)c1. The van der Waals surface area contributed by atoms with Crippen LogP contribution in [0.5, 0.6) is 0 Å². The number of aromatic carboxylic acids is 1. The molecular weight excluding hydrogens is 252 g/mol. The van der Waals surface area contributed by atoms with Gasteiger partial charge in [0.15, 0.2) is 0 Å². The average Bonchev–Trinajstić information content (AvgIpc) is 2.41. The van der Waals surface area contributed by atoms with Crippen molar-refractivity contribution in [3.05, 3.63) is 53.6 Å². The van der Waals surface area contributed by atoms with Crippen molar-refractivity contribution in [1.82, 2.24) is 0 Å². The van der Waals surface area contributed by atoms with Crippen LogP contribution >= 0.6 is 0 Å². The third kappa shape index (κ3) is 2.91. The third-order valence-corrected chi connectivity index (χ3v) is 3.17.